The minimum Gasteiger partial charge on any atom is -0.393 e. The number of hydrogen-bond acceptors (Lipinski definition) is 2. The van der Waals surface area contributed by atoms with Crippen molar-refractivity contribution < 1.29 is 5.11 Å². The van der Waals surface area contributed by atoms with Gasteiger partial charge < -0.3 is 10.8 Å². The molecule has 3 atom stereocenters. The standard InChI is InChI=1S/C8H17NO/c1-3-7(10)8(5-9)4-6(8)2/h6-7,10H,3-5,9H2,1-2H3/t6-,7+,8-/m0/s1. The van der Waals surface area contributed by atoms with E-state index in [1.54, 1.807) is 0 Å². The molecule has 1 saturated carbocycles. The lowest BCUT2D eigenvalue weighted by Crippen LogP contribution is -2.30. The van der Waals surface area contributed by atoms with Crippen molar-refractivity contribution in [3.8, 4) is 0 Å². The van der Waals surface area contributed by atoms with E-state index in [1.165, 1.54) is 0 Å². The van der Waals surface area contributed by atoms with Crippen molar-refractivity contribution in [1.82, 2.24) is 0 Å². The average Bonchev–Trinajstić information content (AvgIpc) is 2.61. The first-order valence-electron chi connectivity index (χ1n) is 4.05. The Hall–Kier alpha value is -0.0800. The normalized spacial score (nSPS) is 41.4. The van der Waals surface area contributed by atoms with Gasteiger partial charge in [-0.3, -0.25) is 0 Å². The van der Waals surface area contributed by atoms with E-state index in [0.29, 0.717) is 12.5 Å². The topological polar surface area (TPSA) is 46.2 Å². The van der Waals surface area contributed by atoms with Crippen LogP contribution in [0.2, 0.25) is 0 Å². The second-order valence-corrected chi connectivity index (χ2v) is 3.47. The lowest BCUT2D eigenvalue weighted by atomic mass is 9.95. The number of rotatable bonds is 3. The summed E-state index contributed by atoms with van der Waals surface area (Å²) in [5, 5.41) is 9.54. The van der Waals surface area contributed by atoms with Crippen molar-refractivity contribution in [2.75, 3.05) is 6.54 Å². The van der Waals surface area contributed by atoms with Crippen LogP contribution in [-0.2, 0) is 0 Å². The summed E-state index contributed by atoms with van der Waals surface area (Å²) in [4.78, 5) is 0. The van der Waals surface area contributed by atoms with Gasteiger partial charge in [0.25, 0.3) is 0 Å². The largest absolute Gasteiger partial charge is 0.393 e. The molecule has 1 aliphatic rings. The number of hydrogen-bond donors (Lipinski definition) is 2. The van der Waals surface area contributed by atoms with E-state index in [0.717, 1.165) is 12.8 Å². The molecule has 1 aliphatic carbocycles. The summed E-state index contributed by atoms with van der Waals surface area (Å²) in [7, 11) is 0. The minimum atomic E-state index is -0.174. The summed E-state index contributed by atoms with van der Waals surface area (Å²) in [6.07, 6.45) is 1.77. The summed E-state index contributed by atoms with van der Waals surface area (Å²) in [5.41, 5.74) is 5.67. The fourth-order valence-corrected chi connectivity index (χ4v) is 1.80. The van der Waals surface area contributed by atoms with Gasteiger partial charge in [0.2, 0.25) is 0 Å². The molecule has 10 heavy (non-hydrogen) atoms. The zero-order valence-electron chi connectivity index (χ0n) is 6.80. The highest BCUT2D eigenvalue weighted by atomic mass is 16.3. The maximum Gasteiger partial charge on any atom is 0.0608 e. The molecule has 2 nitrogen and oxygen atoms in total. The fourth-order valence-electron chi connectivity index (χ4n) is 1.80. The van der Waals surface area contributed by atoms with Crippen LogP contribution in [0.1, 0.15) is 26.7 Å². The molecule has 0 unspecified atom stereocenters. The van der Waals surface area contributed by atoms with Crippen LogP contribution in [0.25, 0.3) is 0 Å². The van der Waals surface area contributed by atoms with Crippen LogP contribution < -0.4 is 5.73 Å². The average molecular weight is 143 g/mol. The minimum absolute atomic E-state index is 0.0920. The van der Waals surface area contributed by atoms with E-state index >= 15 is 0 Å². The quantitative estimate of drug-likeness (QED) is 0.612. The van der Waals surface area contributed by atoms with E-state index in [2.05, 4.69) is 6.92 Å². The zero-order chi connectivity index (χ0) is 7.78. The summed E-state index contributed by atoms with van der Waals surface area (Å²) in [5.74, 6) is 0.632. The maximum absolute atomic E-state index is 9.54. The van der Waals surface area contributed by atoms with Crippen molar-refractivity contribution in [2.45, 2.75) is 32.8 Å². The van der Waals surface area contributed by atoms with Gasteiger partial charge in [0, 0.05) is 12.0 Å². The molecular formula is C8H17NO. The Balaban J connectivity index is 2.51. The first kappa shape index (κ1) is 8.02. The summed E-state index contributed by atoms with van der Waals surface area (Å²) in [6.45, 7) is 4.81. The van der Waals surface area contributed by atoms with Crippen LogP contribution in [0.3, 0.4) is 0 Å². The molecule has 0 spiro atoms. The highest BCUT2D eigenvalue weighted by Crippen LogP contribution is 2.54. The first-order valence-corrected chi connectivity index (χ1v) is 4.05. The second kappa shape index (κ2) is 2.51. The van der Waals surface area contributed by atoms with E-state index in [9.17, 15) is 5.11 Å². The number of nitrogens with two attached hydrogens (primary N) is 1. The highest BCUT2D eigenvalue weighted by Gasteiger charge is 2.54. The fraction of sp³-hybridized carbons (Fsp3) is 1.00. The molecule has 0 radical (unpaired) electrons. The van der Waals surface area contributed by atoms with Gasteiger partial charge in [-0.2, -0.15) is 0 Å². The van der Waals surface area contributed by atoms with Gasteiger partial charge in [-0.25, -0.2) is 0 Å². The Kier molecular flexibility index (Phi) is 2.02. The number of aliphatic hydroxyl groups excluding tert-OH is 1. The van der Waals surface area contributed by atoms with Crippen LogP contribution in [0, 0.1) is 11.3 Å². The third-order valence-electron chi connectivity index (χ3n) is 2.94. The van der Waals surface area contributed by atoms with Crippen LogP contribution in [0.4, 0.5) is 0 Å². The lowest BCUT2D eigenvalue weighted by molar-refractivity contribution is 0.0852. The molecule has 0 saturated heterocycles. The molecule has 2 heteroatoms. The molecule has 0 aromatic carbocycles. The van der Waals surface area contributed by atoms with Gasteiger partial charge in [0.05, 0.1) is 6.10 Å². The predicted molar refractivity (Wildman–Crippen MR) is 41.6 cm³/mol. The predicted octanol–water partition coefficient (Wildman–Crippen LogP) is 0.742. The Morgan fingerprint density at radius 1 is 1.80 bits per heavy atom. The van der Waals surface area contributed by atoms with E-state index < -0.39 is 0 Å². The van der Waals surface area contributed by atoms with Crippen molar-refractivity contribution in [3.63, 3.8) is 0 Å². The third-order valence-corrected chi connectivity index (χ3v) is 2.94. The molecule has 0 aromatic heterocycles. The van der Waals surface area contributed by atoms with E-state index in [-0.39, 0.29) is 11.5 Å². The smallest absolute Gasteiger partial charge is 0.0608 e. The summed E-state index contributed by atoms with van der Waals surface area (Å²) < 4.78 is 0. The monoisotopic (exact) mass is 143 g/mol. The molecule has 0 amide bonds. The van der Waals surface area contributed by atoms with Gasteiger partial charge in [-0.15, -0.1) is 0 Å². The van der Waals surface area contributed by atoms with Crippen molar-refractivity contribution in [1.29, 1.82) is 0 Å². The molecule has 3 N–H and O–H groups in total. The Morgan fingerprint density at radius 3 is 2.40 bits per heavy atom. The van der Waals surface area contributed by atoms with Crippen LogP contribution in [-0.4, -0.2) is 17.8 Å². The van der Waals surface area contributed by atoms with Gasteiger partial charge in [0.1, 0.15) is 0 Å². The van der Waals surface area contributed by atoms with Crippen molar-refractivity contribution >= 4 is 0 Å². The molecule has 1 rings (SSSR count). The molecule has 1 fully saturated rings. The Morgan fingerprint density at radius 2 is 2.30 bits per heavy atom. The third kappa shape index (κ3) is 0.956. The van der Waals surface area contributed by atoms with Crippen molar-refractivity contribution in [3.05, 3.63) is 0 Å². The van der Waals surface area contributed by atoms with Crippen LogP contribution in [0.15, 0.2) is 0 Å². The molecule has 0 bridgehead atoms. The van der Waals surface area contributed by atoms with Crippen molar-refractivity contribution in [2.24, 2.45) is 17.1 Å². The Labute approximate surface area is 62.4 Å². The van der Waals surface area contributed by atoms with Gasteiger partial charge in [0.15, 0.2) is 0 Å². The summed E-state index contributed by atoms with van der Waals surface area (Å²) in [6, 6.07) is 0. The second-order valence-electron chi connectivity index (χ2n) is 3.47. The molecule has 0 aromatic rings. The molecule has 0 heterocycles. The van der Waals surface area contributed by atoms with Crippen LogP contribution >= 0.6 is 0 Å². The molecule has 0 aliphatic heterocycles. The summed E-state index contributed by atoms with van der Waals surface area (Å²) >= 11 is 0. The van der Waals surface area contributed by atoms with E-state index in [1.807, 2.05) is 6.92 Å². The lowest BCUT2D eigenvalue weighted by Gasteiger charge is -2.19. The Bertz CT molecular complexity index is 122. The first-order chi connectivity index (χ1) is 4.67. The SMILES string of the molecule is CC[C@@H](O)[C@]1(CN)C[C@@H]1C. The highest BCUT2D eigenvalue weighted by molar-refractivity contribution is 5.04. The molecular weight excluding hydrogens is 126 g/mol. The van der Waals surface area contributed by atoms with Gasteiger partial charge in [-0.05, 0) is 18.8 Å². The number of aliphatic hydroxyl groups is 1. The maximum atomic E-state index is 9.54. The van der Waals surface area contributed by atoms with Gasteiger partial charge in [-0.1, -0.05) is 13.8 Å². The van der Waals surface area contributed by atoms with E-state index in [4.69, 9.17) is 5.73 Å². The van der Waals surface area contributed by atoms with Crippen LogP contribution in [0.5, 0.6) is 0 Å². The van der Waals surface area contributed by atoms with Gasteiger partial charge >= 0.3 is 0 Å². The zero-order valence-corrected chi connectivity index (χ0v) is 6.80. The molecule has 60 valence electrons.